The summed E-state index contributed by atoms with van der Waals surface area (Å²) in [7, 11) is 0. The zero-order valence-corrected chi connectivity index (χ0v) is 11.4. The number of benzene rings is 1. The van der Waals surface area contributed by atoms with Crippen LogP contribution < -0.4 is 11.3 Å². The molecule has 0 radical (unpaired) electrons. The Bertz CT molecular complexity index is 474. The number of nitrogen functional groups attached to an aromatic ring is 1. The van der Waals surface area contributed by atoms with Crippen molar-refractivity contribution < 1.29 is 0 Å². The number of aromatic nitrogens is 2. The standard InChI is InChI=1S/C9H9BrN4S2/c10-6-2-1-3-7(4-6)15-5-8-9(12-11)16-14-13-8/h1-4,12H,5,11H2. The number of nitrogens with two attached hydrogens (primary N) is 1. The van der Waals surface area contributed by atoms with E-state index in [9.17, 15) is 0 Å². The topological polar surface area (TPSA) is 63.8 Å². The van der Waals surface area contributed by atoms with Crippen molar-refractivity contribution in [3.05, 3.63) is 34.4 Å². The van der Waals surface area contributed by atoms with E-state index in [1.165, 1.54) is 16.4 Å². The molecule has 7 heteroatoms. The molecule has 0 aliphatic heterocycles. The second-order valence-electron chi connectivity index (χ2n) is 2.94. The lowest BCUT2D eigenvalue weighted by Crippen LogP contribution is -2.06. The minimum atomic E-state index is 0.756. The van der Waals surface area contributed by atoms with Gasteiger partial charge in [0.15, 0.2) is 0 Å². The van der Waals surface area contributed by atoms with Crippen molar-refractivity contribution in [3.63, 3.8) is 0 Å². The van der Waals surface area contributed by atoms with Crippen molar-refractivity contribution >= 4 is 44.2 Å². The van der Waals surface area contributed by atoms with Gasteiger partial charge >= 0.3 is 0 Å². The van der Waals surface area contributed by atoms with Gasteiger partial charge in [0.25, 0.3) is 0 Å². The molecule has 84 valence electrons. The van der Waals surface area contributed by atoms with Gasteiger partial charge in [-0.3, -0.25) is 0 Å². The van der Waals surface area contributed by atoms with Crippen molar-refractivity contribution in [1.82, 2.24) is 9.59 Å². The average molecular weight is 317 g/mol. The van der Waals surface area contributed by atoms with E-state index in [2.05, 4.69) is 43.1 Å². The summed E-state index contributed by atoms with van der Waals surface area (Å²) in [5.41, 5.74) is 3.48. The number of hydrogen-bond acceptors (Lipinski definition) is 6. The van der Waals surface area contributed by atoms with Crippen LogP contribution in [0.15, 0.2) is 33.6 Å². The fourth-order valence-electron chi connectivity index (χ4n) is 1.12. The summed E-state index contributed by atoms with van der Waals surface area (Å²) < 4.78 is 4.92. The van der Waals surface area contributed by atoms with Crippen LogP contribution in [0.25, 0.3) is 0 Å². The Hall–Kier alpha value is -0.630. The average Bonchev–Trinajstić information content (AvgIpc) is 2.74. The molecule has 4 nitrogen and oxygen atoms in total. The van der Waals surface area contributed by atoms with Crippen molar-refractivity contribution in [2.75, 3.05) is 5.43 Å². The summed E-state index contributed by atoms with van der Waals surface area (Å²) in [6.45, 7) is 0. The van der Waals surface area contributed by atoms with Crippen LogP contribution in [0.2, 0.25) is 0 Å². The minimum Gasteiger partial charge on any atom is -0.313 e. The van der Waals surface area contributed by atoms with Gasteiger partial charge in [-0.1, -0.05) is 26.5 Å². The third kappa shape index (κ3) is 2.94. The number of thioether (sulfide) groups is 1. The molecular formula is C9H9BrN4S2. The van der Waals surface area contributed by atoms with Crippen LogP contribution in [0.5, 0.6) is 0 Å². The van der Waals surface area contributed by atoms with Gasteiger partial charge in [-0.25, -0.2) is 5.84 Å². The number of halogens is 1. The molecule has 2 rings (SSSR count). The summed E-state index contributed by atoms with van der Waals surface area (Å²) >= 11 is 6.41. The predicted octanol–water partition coefficient (Wildman–Crippen LogP) is 2.88. The van der Waals surface area contributed by atoms with E-state index in [-0.39, 0.29) is 0 Å². The van der Waals surface area contributed by atoms with Crippen LogP contribution in [0.4, 0.5) is 5.00 Å². The summed E-state index contributed by atoms with van der Waals surface area (Å²) in [4.78, 5) is 1.19. The van der Waals surface area contributed by atoms with Gasteiger partial charge < -0.3 is 5.43 Å². The molecule has 0 spiro atoms. The smallest absolute Gasteiger partial charge is 0.148 e. The molecule has 0 amide bonds. The highest BCUT2D eigenvalue weighted by molar-refractivity contribution is 9.10. The second-order valence-corrected chi connectivity index (χ2v) is 5.66. The summed E-state index contributed by atoms with van der Waals surface area (Å²) in [5, 5.41) is 4.84. The zero-order valence-electron chi connectivity index (χ0n) is 8.18. The maximum atomic E-state index is 5.35. The lowest BCUT2D eigenvalue weighted by Gasteiger charge is -2.01. The molecule has 0 fully saturated rings. The van der Waals surface area contributed by atoms with Crippen molar-refractivity contribution in [3.8, 4) is 0 Å². The Morgan fingerprint density at radius 3 is 3.12 bits per heavy atom. The molecule has 1 heterocycles. The van der Waals surface area contributed by atoms with Crippen LogP contribution in [0.1, 0.15) is 5.69 Å². The first-order chi connectivity index (χ1) is 7.79. The van der Waals surface area contributed by atoms with Crippen LogP contribution in [0.3, 0.4) is 0 Å². The van der Waals surface area contributed by atoms with Crippen LogP contribution in [-0.4, -0.2) is 9.59 Å². The Balaban J connectivity index is 2.02. The lowest BCUT2D eigenvalue weighted by molar-refractivity contribution is 1.07. The molecule has 2 aromatic rings. The minimum absolute atomic E-state index is 0.756. The largest absolute Gasteiger partial charge is 0.313 e. The quantitative estimate of drug-likeness (QED) is 0.516. The van der Waals surface area contributed by atoms with E-state index in [1.807, 2.05) is 12.1 Å². The van der Waals surface area contributed by atoms with E-state index in [1.54, 1.807) is 11.8 Å². The summed E-state index contributed by atoms with van der Waals surface area (Å²) in [6.07, 6.45) is 0. The lowest BCUT2D eigenvalue weighted by atomic mass is 10.4. The third-order valence-corrected chi connectivity index (χ3v) is 4.06. The highest BCUT2D eigenvalue weighted by Crippen LogP contribution is 2.28. The second kappa shape index (κ2) is 5.62. The number of rotatable bonds is 4. The molecule has 0 unspecified atom stereocenters. The molecule has 0 aliphatic rings. The number of nitrogens with zero attached hydrogens (tertiary/aromatic N) is 2. The number of hydrogen-bond donors (Lipinski definition) is 2. The van der Waals surface area contributed by atoms with Crippen molar-refractivity contribution in [2.45, 2.75) is 10.6 Å². The maximum Gasteiger partial charge on any atom is 0.148 e. The Morgan fingerprint density at radius 1 is 1.50 bits per heavy atom. The molecule has 1 aromatic heterocycles. The Labute approximate surface area is 110 Å². The summed E-state index contributed by atoms with van der Waals surface area (Å²) in [5.74, 6) is 6.11. The molecule has 0 aliphatic carbocycles. The van der Waals surface area contributed by atoms with E-state index in [0.29, 0.717) is 0 Å². The SMILES string of the molecule is NNc1snnc1CSc1cccc(Br)c1. The molecule has 1 aromatic carbocycles. The Kier molecular flexibility index (Phi) is 4.16. The summed E-state index contributed by atoms with van der Waals surface area (Å²) in [6, 6.07) is 8.14. The molecule has 0 saturated carbocycles. The predicted molar refractivity (Wildman–Crippen MR) is 71.4 cm³/mol. The first kappa shape index (κ1) is 11.8. The normalized spacial score (nSPS) is 10.4. The highest BCUT2D eigenvalue weighted by atomic mass is 79.9. The Morgan fingerprint density at radius 2 is 2.38 bits per heavy atom. The van der Waals surface area contributed by atoms with Gasteiger partial charge in [-0.15, -0.1) is 16.9 Å². The van der Waals surface area contributed by atoms with Crippen LogP contribution in [0, 0.1) is 0 Å². The maximum absolute atomic E-state index is 5.35. The molecule has 0 bridgehead atoms. The van der Waals surface area contributed by atoms with Crippen LogP contribution in [-0.2, 0) is 5.75 Å². The molecule has 0 atom stereocenters. The first-order valence-electron chi connectivity index (χ1n) is 4.46. The van der Waals surface area contributed by atoms with Gasteiger partial charge in [0.05, 0.1) is 0 Å². The number of hydrazine groups is 1. The van der Waals surface area contributed by atoms with E-state index in [0.717, 1.165) is 20.9 Å². The molecule has 3 N–H and O–H groups in total. The first-order valence-corrected chi connectivity index (χ1v) is 7.01. The van der Waals surface area contributed by atoms with E-state index in [4.69, 9.17) is 5.84 Å². The van der Waals surface area contributed by atoms with E-state index < -0.39 is 0 Å². The van der Waals surface area contributed by atoms with Crippen LogP contribution >= 0.6 is 39.2 Å². The number of anilines is 1. The molecule has 0 saturated heterocycles. The highest BCUT2D eigenvalue weighted by Gasteiger charge is 2.06. The molecule has 16 heavy (non-hydrogen) atoms. The van der Waals surface area contributed by atoms with Gasteiger partial charge in [0.2, 0.25) is 0 Å². The van der Waals surface area contributed by atoms with Crippen molar-refractivity contribution in [2.24, 2.45) is 5.84 Å². The van der Waals surface area contributed by atoms with Gasteiger partial charge in [0, 0.05) is 26.7 Å². The number of nitrogens with one attached hydrogen (secondary N) is 1. The fourth-order valence-corrected chi connectivity index (χ4v) is 3.15. The fraction of sp³-hybridized carbons (Fsp3) is 0.111. The molecular weight excluding hydrogens is 308 g/mol. The monoisotopic (exact) mass is 316 g/mol. The van der Waals surface area contributed by atoms with Crippen molar-refractivity contribution in [1.29, 1.82) is 0 Å². The third-order valence-electron chi connectivity index (χ3n) is 1.86. The van der Waals surface area contributed by atoms with Gasteiger partial charge in [0.1, 0.15) is 10.7 Å². The van der Waals surface area contributed by atoms with Gasteiger partial charge in [-0.05, 0) is 18.2 Å². The zero-order chi connectivity index (χ0) is 11.4. The van der Waals surface area contributed by atoms with E-state index >= 15 is 0 Å². The van der Waals surface area contributed by atoms with Gasteiger partial charge in [-0.2, -0.15) is 0 Å².